The molecule has 1 heterocycles. The standard InChI is InChI=1S/C37H27ClFN3O4S/c1-46-37(43)25-10-12-29(31(38)17-25)22-4-2-5-24(16-22)36-35(34-26(19-40)6-3-7-27(34)20-41)30-18-28(39)11-13-32(30)42(36)47(44,45)33-15-21-8-9-23(33)14-21/h2-7,10-13,16-18,21,23,33H,8-9,14-15H2,1H3. The minimum absolute atomic E-state index is 0.0127. The molecule has 4 aromatic carbocycles. The van der Waals surface area contributed by atoms with E-state index in [1.54, 1.807) is 48.5 Å². The quantitative estimate of drug-likeness (QED) is 0.169. The van der Waals surface area contributed by atoms with Crippen LogP contribution in [0.1, 0.15) is 47.2 Å². The Balaban J connectivity index is 1.57. The van der Waals surface area contributed by atoms with Crippen molar-refractivity contribution < 1.29 is 22.3 Å². The van der Waals surface area contributed by atoms with Gasteiger partial charge in [-0.1, -0.05) is 48.4 Å². The van der Waals surface area contributed by atoms with E-state index in [0.717, 1.165) is 19.3 Å². The fourth-order valence-electron chi connectivity index (χ4n) is 7.54. The van der Waals surface area contributed by atoms with Crippen LogP contribution < -0.4 is 0 Å². The lowest BCUT2D eigenvalue weighted by atomic mass is 9.90. The first kappa shape index (κ1) is 30.7. The van der Waals surface area contributed by atoms with E-state index in [1.807, 2.05) is 6.07 Å². The molecule has 3 unspecified atom stereocenters. The molecule has 234 valence electrons. The molecule has 0 amide bonds. The average molecular weight is 664 g/mol. The SMILES string of the molecule is COC(=O)c1ccc(-c2cccc(-c3c(-c4c(C#N)cccc4C#N)c4cc(F)ccc4n3S(=O)(=O)C3CC4CCC3C4)c2)c(Cl)c1. The molecule has 0 aliphatic heterocycles. The van der Waals surface area contributed by atoms with E-state index in [0.29, 0.717) is 29.0 Å². The van der Waals surface area contributed by atoms with E-state index in [2.05, 4.69) is 12.1 Å². The fourth-order valence-corrected chi connectivity index (χ4v) is 10.2. The molecule has 0 spiro atoms. The van der Waals surface area contributed by atoms with Gasteiger partial charge in [0.2, 0.25) is 10.0 Å². The Morgan fingerprint density at radius 2 is 1.64 bits per heavy atom. The van der Waals surface area contributed by atoms with Crippen molar-refractivity contribution in [1.82, 2.24) is 3.97 Å². The Labute approximate surface area is 276 Å². The number of hydrogen-bond donors (Lipinski definition) is 0. The molecular weight excluding hydrogens is 637 g/mol. The molecule has 0 N–H and O–H groups in total. The number of ether oxygens (including phenoxy) is 1. The third-order valence-electron chi connectivity index (χ3n) is 9.59. The van der Waals surface area contributed by atoms with Crippen LogP contribution in [0.15, 0.2) is 78.9 Å². The zero-order valence-corrected chi connectivity index (χ0v) is 26.8. The van der Waals surface area contributed by atoms with E-state index in [4.69, 9.17) is 16.3 Å². The zero-order chi connectivity index (χ0) is 33.0. The lowest BCUT2D eigenvalue weighted by molar-refractivity contribution is 0.0600. The number of fused-ring (bicyclic) bond motifs is 3. The van der Waals surface area contributed by atoms with Crippen molar-refractivity contribution in [3.05, 3.63) is 106 Å². The van der Waals surface area contributed by atoms with Gasteiger partial charge in [-0.05, 0) is 85.2 Å². The molecule has 5 aromatic rings. The van der Waals surface area contributed by atoms with Gasteiger partial charge in [-0.15, -0.1) is 0 Å². The molecule has 7 nitrogen and oxygen atoms in total. The van der Waals surface area contributed by atoms with Crippen LogP contribution in [0, 0.1) is 40.3 Å². The van der Waals surface area contributed by atoms with Crippen molar-refractivity contribution in [1.29, 1.82) is 10.5 Å². The van der Waals surface area contributed by atoms with Crippen molar-refractivity contribution in [3.8, 4) is 45.6 Å². The number of methoxy groups -OCH3 is 1. The molecule has 1 aromatic heterocycles. The van der Waals surface area contributed by atoms with Gasteiger partial charge in [0.15, 0.2) is 0 Å². The van der Waals surface area contributed by atoms with Crippen molar-refractivity contribution in [3.63, 3.8) is 0 Å². The highest BCUT2D eigenvalue weighted by Crippen LogP contribution is 2.51. The highest BCUT2D eigenvalue weighted by Gasteiger charge is 2.48. The molecule has 2 bridgehead atoms. The first-order valence-corrected chi connectivity index (χ1v) is 17.0. The van der Waals surface area contributed by atoms with Crippen LogP contribution in [0.25, 0.3) is 44.4 Å². The number of hydrogen-bond acceptors (Lipinski definition) is 6. The molecular formula is C37H27ClFN3O4S. The van der Waals surface area contributed by atoms with Gasteiger partial charge in [0.05, 0.1) is 52.4 Å². The maximum absolute atomic E-state index is 15.1. The van der Waals surface area contributed by atoms with Gasteiger partial charge < -0.3 is 4.74 Å². The minimum atomic E-state index is -4.07. The van der Waals surface area contributed by atoms with Crippen molar-refractivity contribution in [2.75, 3.05) is 7.11 Å². The van der Waals surface area contributed by atoms with Crippen LogP contribution in [-0.4, -0.2) is 30.7 Å². The van der Waals surface area contributed by atoms with Crippen LogP contribution in [-0.2, 0) is 14.8 Å². The second kappa shape index (κ2) is 11.7. The predicted octanol–water partition coefficient (Wildman–Crippen LogP) is 8.33. The highest BCUT2D eigenvalue weighted by atomic mass is 35.5. The summed E-state index contributed by atoms with van der Waals surface area (Å²) in [6.07, 6.45) is 3.23. The van der Waals surface area contributed by atoms with E-state index >= 15 is 4.39 Å². The van der Waals surface area contributed by atoms with Crippen LogP contribution in [0.3, 0.4) is 0 Å². The highest BCUT2D eigenvalue weighted by molar-refractivity contribution is 7.90. The number of carbonyl (C=O) groups excluding carboxylic acids is 1. The van der Waals surface area contributed by atoms with E-state index in [-0.39, 0.29) is 55.4 Å². The molecule has 2 fully saturated rings. The Morgan fingerprint density at radius 1 is 0.915 bits per heavy atom. The number of aromatic nitrogens is 1. The average Bonchev–Trinajstić information content (AvgIpc) is 3.81. The van der Waals surface area contributed by atoms with Crippen LogP contribution in [0.2, 0.25) is 5.02 Å². The van der Waals surface area contributed by atoms with Crippen LogP contribution in [0.4, 0.5) is 4.39 Å². The monoisotopic (exact) mass is 663 g/mol. The molecule has 10 heteroatoms. The van der Waals surface area contributed by atoms with E-state index < -0.39 is 27.1 Å². The fraction of sp³-hybridized carbons (Fsp3) is 0.216. The third-order valence-corrected chi connectivity index (χ3v) is 12.1. The Bertz CT molecular complexity index is 2290. The maximum atomic E-state index is 15.1. The molecule has 2 aliphatic carbocycles. The summed E-state index contributed by atoms with van der Waals surface area (Å²) in [6, 6.07) is 24.8. The summed E-state index contributed by atoms with van der Waals surface area (Å²) >= 11 is 6.65. The second-order valence-electron chi connectivity index (χ2n) is 12.1. The maximum Gasteiger partial charge on any atom is 0.337 e. The van der Waals surface area contributed by atoms with Gasteiger partial charge in [-0.25, -0.2) is 21.6 Å². The van der Waals surface area contributed by atoms with Crippen molar-refractivity contribution >= 4 is 38.5 Å². The first-order chi connectivity index (χ1) is 22.7. The Morgan fingerprint density at radius 3 is 2.28 bits per heavy atom. The van der Waals surface area contributed by atoms with Crippen molar-refractivity contribution in [2.24, 2.45) is 11.8 Å². The number of rotatable bonds is 6. The number of esters is 1. The Kier molecular flexibility index (Phi) is 7.63. The molecule has 2 aliphatic rings. The first-order valence-electron chi connectivity index (χ1n) is 15.2. The van der Waals surface area contributed by atoms with Gasteiger partial charge in [0.25, 0.3) is 0 Å². The predicted molar refractivity (Wildman–Crippen MR) is 178 cm³/mol. The number of nitrogens with zero attached hydrogens (tertiary/aromatic N) is 3. The zero-order valence-electron chi connectivity index (χ0n) is 25.2. The smallest absolute Gasteiger partial charge is 0.337 e. The van der Waals surface area contributed by atoms with Gasteiger partial charge >= 0.3 is 5.97 Å². The number of halogens is 2. The molecule has 0 saturated heterocycles. The molecule has 47 heavy (non-hydrogen) atoms. The molecule has 2 saturated carbocycles. The largest absolute Gasteiger partial charge is 0.465 e. The topological polar surface area (TPSA) is 113 Å². The van der Waals surface area contributed by atoms with Crippen molar-refractivity contribution in [2.45, 2.75) is 30.9 Å². The molecule has 7 rings (SSSR count). The lowest BCUT2D eigenvalue weighted by Crippen LogP contribution is -2.32. The Hall–Kier alpha value is -4.96. The summed E-state index contributed by atoms with van der Waals surface area (Å²) < 4.78 is 51.0. The summed E-state index contributed by atoms with van der Waals surface area (Å²) in [5.41, 5.74) is 3.28. The van der Waals surface area contributed by atoms with Crippen LogP contribution in [0.5, 0.6) is 0 Å². The van der Waals surface area contributed by atoms with Gasteiger partial charge in [0, 0.05) is 32.7 Å². The third kappa shape index (κ3) is 4.98. The van der Waals surface area contributed by atoms with Gasteiger partial charge in [-0.3, -0.25) is 0 Å². The summed E-state index contributed by atoms with van der Waals surface area (Å²) in [4.78, 5) is 12.1. The number of carbonyl (C=O) groups is 1. The van der Waals surface area contributed by atoms with Gasteiger partial charge in [-0.2, -0.15) is 10.5 Å². The van der Waals surface area contributed by atoms with E-state index in [1.165, 1.54) is 35.3 Å². The summed E-state index contributed by atoms with van der Waals surface area (Å²) in [6.45, 7) is 0. The normalized spacial score (nSPS) is 18.6. The van der Waals surface area contributed by atoms with Gasteiger partial charge in [0.1, 0.15) is 5.82 Å². The van der Waals surface area contributed by atoms with E-state index in [9.17, 15) is 23.7 Å². The number of nitriles is 2. The summed E-state index contributed by atoms with van der Waals surface area (Å²) in [5, 5.41) is 20.3. The molecule has 3 atom stereocenters. The summed E-state index contributed by atoms with van der Waals surface area (Å²) in [5.74, 6) is -0.772. The minimum Gasteiger partial charge on any atom is -0.465 e. The second-order valence-corrected chi connectivity index (χ2v) is 14.5. The van der Waals surface area contributed by atoms with Crippen LogP contribution >= 0.6 is 11.6 Å². The lowest BCUT2D eigenvalue weighted by Gasteiger charge is -2.24. The number of benzene rings is 4. The molecule has 0 radical (unpaired) electrons. The summed E-state index contributed by atoms with van der Waals surface area (Å²) in [7, 11) is -2.79.